The van der Waals surface area contributed by atoms with Crippen molar-refractivity contribution < 1.29 is 13.2 Å². The zero-order valence-electron chi connectivity index (χ0n) is 11.9. The largest absolute Gasteiger partial charge is 0.357 e. The molecule has 0 saturated carbocycles. The minimum absolute atomic E-state index is 0.0157. The first-order chi connectivity index (χ1) is 9.36. The van der Waals surface area contributed by atoms with Gasteiger partial charge in [-0.2, -0.15) is 0 Å². The van der Waals surface area contributed by atoms with E-state index in [4.69, 9.17) is 0 Å². The predicted octanol–water partition coefficient (Wildman–Crippen LogP) is 0.313. The van der Waals surface area contributed by atoms with E-state index in [0.29, 0.717) is 32.5 Å². The maximum absolute atomic E-state index is 12.0. The van der Waals surface area contributed by atoms with Crippen LogP contribution < -0.4 is 5.32 Å². The third-order valence-electron chi connectivity index (χ3n) is 3.65. The number of amides is 1. The molecule has 2 rings (SSSR count). The molecule has 1 aromatic heterocycles. The van der Waals surface area contributed by atoms with Gasteiger partial charge in [0.25, 0.3) is 0 Å². The van der Waals surface area contributed by atoms with Crippen molar-refractivity contribution in [2.45, 2.75) is 19.4 Å². The van der Waals surface area contributed by atoms with Gasteiger partial charge in [0.15, 0.2) is 0 Å². The quantitative estimate of drug-likeness (QED) is 0.870. The van der Waals surface area contributed by atoms with E-state index in [2.05, 4.69) is 5.32 Å². The minimum atomic E-state index is -3.13. The number of aryl methyl sites for hydroxylation is 1. The van der Waals surface area contributed by atoms with Gasteiger partial charge < -0.3 is 9.88 Å². The summed E-state index contributed by atoms with van der Waals surface area (Å²) < 4.78 is 26.2. The van der Waals surface area contributed by atoms with E-state index >= 15 is 0 Å². The number of hydrogen-bond donors (Lipinski definition) is 1. The van der Waals surface area contributed by atoms with Crippen LogP contribution in [0.1, 0.15) is 18.4 Å². The van der Waals surface area contributed by atoms with Crippen molar-refractivity contribution in [1.29, 1.82) is 0 Å². The maximum Gasteiger partial charge on any atom is 0.223 e. The number of carbonyl (C=O) groups is 1. The number of nitrogens with zero attached hydrogens (tertiary/aromatic N) is 2. The molecule has 1 fully saturated rings. The van der Waals surface area contributed by atoms with Gasteiger partial charge in [0, 0.05) is 45.0 Å². The highest BCUT2D eigenvalue weighted by atomic mass is 32.2. The van der Waals surface area contributed by atoms with Gasteiger partial charge in [-0.05, 0) is 24.5 Å². The number of rotatable bonds is 4. The van der Waals surface area contributed by atoms with Crippen molar-refractivity contribution in [2.75, 3.05) is 19.3 Å². The van der Waals surface area contributed by atoms with Crippen LogP contribution in [0.15, 0.2) is 18.5 Å². The number of sulfonamides is 1. The van der Waals surface area contributed by atoms with Gasteiger partial charge in [0.05, 0.1) is 6.26 Å². The molecule has 0 bridgehead atoms. The highest BCUT2D eigenvalue weighted by molar-refractivity contribution is 7.88. The molecule has 1 amide bonds. The molecule has 2 heterocycles. The van der Waals surface area contributed by atoms with Crippen LogP contribution >= 0.6 is 0 Å². The standard InChI is InChI=1S/C13H21N3O3S/c1-15-6-3-11(10-15)9-14-13(17)12-4-7-16(8-5-12)20(2,18)19/h3,6,10,12H,4-5,7-9H2,1-2H3,(H,14,17). The summed E-state index contributed by atoms with van der Waals surface area (Å²) in [6.45, 7) is 1.39. The fourth-order valence-electron chi connectivity index (χ4n) is 2.45. The van der Waals surface area contributed by atoms with Gasteiger partial charge in [0.1, 0.15) is 0 Å². The van der Waals surface area contributed by atoms with E-state index in [9.17, 15) is 13.2 Å². The monoisotopic (exact) mass is 299 g/mol. The third-order valence-corrected chi connectivity index (χ3v) is 4.96. The molecule has 1 aliphatic heterocycles. The average Bonchev–Trinajstić information content (AvgIpc) is 2.81. The van der Waals surface area contributed by atoms with E-state index in [-0.39, 0.29) is 11.8 Å². The van der Waals surface area contributed by atoms with Crippen molar-refractivity contribution in [3.8, 4) is 0 Å². The lowest BCUT2D eigenvalue weighted by Crippen LogP contribution is -2.42. The molecule has 1 N–H and O–H groups in total. The van der Waals surface area contributed by atoms with Crippen LogP contribution in [0.5, 0.6) is 0 Å². The van der Waals surface area contributed by atoms with Crippen molar-refractivity contribution in [2.24, 2.45) is 13.0 Å². The number of piperidine rings is 1. The second kappa shape index (κ2) is 5.97. The van der Waals surface area contributed by atoms with Crippen LogP contribution in [-0.4, -0.2) is 42.5 Å². The molecular weight excluding hydrogens is 278 g/mol. The van der Waals surface area contributed by atoms with Crippen molar-refractivity contribution in [3.63, 3.8) is 0 Å². The van der Waals surface area contributed by atoms with Crippen LogP contribution in [-0.2, 0) is 28.4 Å². The molecule has 1 saturated heterocycles. The summed E-state index contributed by atoms with van der Waals surface area (Å²) in [6.07, 6.45) is 6.29. The van der Waals surface area contributed by atoms with E-state index in [1.807, 2.05) is 30.1 Å². The summed E-state index contributed by atoms with van der Waals surface area (Å²) in [7, 11) is -1.19. The number of nitrogens with one attached hydrogen (secondary N) is 1. The SMILES string of the molecule is Cn1ccc(CNC(=O)C2CCN(S(C)(=O)=O)CC2)c1. The van der Waals surface area contributed by atoms with E-state index in [1.165, 1.54) is 10.6 Å². The van der Waals surface area contributed by atoms with Crippen LogP contribution in [0.25, 0.3) is 0 Å². The first-order valence-corrected chi connectivity index (χ1v) is 8.55. The van der Waals surface area contributed by atoms with Gasteiger partial charge in [-0.15, -0.1) is 0 Å². The Labute approximate surface area is 119 Å². The summed E-state index contributed by atoms with van der Waals surface area (Å²) in [5.41, 5.74) is 1.06. The minimum Gasteiger partial charge on any atom is -0.357 e. The van der Waals surface area contributed by atoms with E-state index in [0.717, 1.165) is 5.56 Å². The van der Waals surface area contributed by atoms with Crippen LogP contribution in [0.4, 0.5) is 0 Å². The Balaban J connectivity index is 1.80. The van der Waals surface area contributed by atoms with E-state index in [1.54, 1.807) is 0 Å². The zero-order chi connectivity index (χ0) is 14.8. The molecule has 0 radical (unpaired) electrons. The van der Waals surface area contributed by atoms with Crippen LogP contribution in [0, 0.1) is 5.92 Å². The lowest BCUT2D eigenvalue weighted by Gasteiger charge is -2.29. The second-order valence-corrected chi connectivity index (χ2v) is 7.32. The molecule has 7 heteroatoms. The van der Waals surface area contributed by atoms with Gasteiger partial charge in [0.2, 0.25) is 15.9 Å². The summed E-state index contributed by atoms with van der Waals surface area (Å²) in [5.74, 6) is -0.0706. The smallest absolute Gasteiger partial charge is 0.223 e. The average molecular weight is 299 g/mol. The topological polar surface area (TPSA) is 71.4 Å². The fourth-order valence-corrected chi connectivity index (χ4v) is 3.32. The van der Waals surface area contributed by atoms with Crippen molar-refractivity contribution >= 4 is 15.9 Å². The highest BCUT2D eigenvalue weighted by Crippen LogP contribution is 2.19. The molecule has 0 spiro atoms. The lowest BCUT2D eigenvalue weighted by molar-refractivity contribution is -0.126. The second-order valence-electron chi connectivity index (χ2n) is 5.34. The van der Waals surface area contributed by atoms with Crippen molar-refractivity contribution in [3.05, 3.63) is 24.0 Å². The number of carbonyl (C=O) groups excluding carboxylic acids is 1. The molecule has 0 aromatic carbocycles. The normalized spacial score (nSPS) is 18.1. The first-order valence-electron chi connectivity index (χ1n) is 6.70. The third kappa shape index (κ3) is 3.83. The molecule has 1 aliphatic rings. The molecule has 20 heavy (non-hydrogen) atoms. The van der Waals surface area contributed by atoms with Crippen molar-refractivity contribution in [1.82, 2.24) is 14.2 Å². The predicted molar refractivity (Wildman–Crippen MR) is 76.4 cm³/mol. The Bertz CT molecular complexity index is 571. The van der Waals surface area contributed by atoms with E-state index < -0.39 is 10.0 Å². The molecule has 1 aromatic rings. The zero-order valence-corrected chi connectivity index (χ0v) is 12.7. The number of hydrogen-bond acceptors (Lipinski definition) is 3. The molecule has 0 atom stereocenters. The molecule has 0 aliphatic carbocycles. The van der Waals surface area contributed by atoms with Gasteiger partial charge in [-0.3, -0.25) is 4.79 Å². The molecule has 112 valence electrons. The van der Waals surface area contributed by atoms with Gasteiger partial charge >= 0.3 is 0 Å². The van der Waals surface area contributed by atoms with Crippen LogP contribution in [0.3, 0.4) is 0 Å². The Hall–Kier alpha value is -1.34. The Kier molecular flexibility index (Phi) is 4.49. The molecular formula is C13H21N3O3S. The van der Waals surface area contributed by atoms with Gasteiger partial charge in [-0.25, -0.2) is 12.7 Å². The Morgan fingerprint density at radius 2 is 2.05 bits per heavy atom. The fraction of sp³-hybridized carbons (Fsp3) is 0.615. The lowest BCUT2D eigenvalue weighted by atomic mass is 9.97. The van der Waals surface area contributed by atoms with Gasteiger partial charge in [-0.1, -0.05) is 0 Å². The summed E-state index contributed by atoms with van der Waals surface area (Å²) in [4.78, 5) is 12.0. The Morgan fingerprint density at radius 3 is 2.55 bits per heavy atom. The highest BCUT2D eigenvalue weighted by Gasteiger charge is 2.28. The molecule has 0 unspecified atom stereocenters. The first kappa shape index (κ1) is 15.1. The Morgan fingerprint density at radius 1 is 1.40 bits per heavy atom. The summed E-state index contributed by atoms with van der Waals surface area (Å²) in [6, 6.07) is 1.96. The summed E-state index contributed by atoms with van der Waals surface area (Å²) >= 11 is 0. The summed E-state index contributed by atoms with van der Waals surface area (Å²) in [5, 5.41) is 2.92. The van der Waals surface area contributed by atoms with Crippen LogP contribution in [0.2, 0.25) is 0 Å². The maximum atomic E-state index is 12.0. The molecule has 6 nitrogen and oxygen atoms in total. The number of aromatic nitrogens is 1.